The van der Waals surface area contributed by atoms with Crippen LogP contribution >= 0.6 is 27.7 Å². The lowest BCUT2D eigenvalue weighted by Crippen LogP contribution is -2.00. The van der Waals surface area contributed by atoms with E-state index >= 15 is 0 Å². The van der Waals surface area contributed by atoms with Crippen LogP contribution in [0.25, 0.3) is 0 Å². The van der Waals surface area contributed by atoms with E-state index in [4.69, 9.17) is 0 Å². The first-order chi connectivity index (χ1) is 7.81. The predicted molar refractivity (Wildman–Crippen MR) is 76.0 cm³/mol. The highest BCUT2D eigenvalue weighted by Gasteiger charge is 2.16. The molecule has 1 aromatic rings. The SMILES string of the molecule is CCCCCC1C=CSc2cc(Br)ccc21. The van der Waals surface area contributed by atoms with E-state index in [2.05, 4.69) is 52.5 Å². The minimum atomic E-state index is 0.635. The van der Waals surface area contributed by atoms with E-state index in [1.165, 1.54) is 40.6 Å². The summed E-state index contributed by atoms with van der Waals surface area (Å²) < 4.78 is 1.18. The van der Waals surface area contributed by atoms with Crippen LogP contribution in [0.5, 0.6) is 0 Å². The Kier molecular flexibility index (Phi) is 4.54. The van der Waals surface area contributed by atoms with Crippen molar-refractivity contribution in [2.24, 2.45) is 0 Å². The van der Waals surface area contributed by atoms with E-state index < -0.39 is 0 Å². The molecule has 1 atom stereocenters. The minimum Gasteiger partial charge on any atom is -0.0980 e. The van der Waals surface area contributed by atoms with Gasteiger partial charge in [-0.3, -0.25) is 0 Å². The van der Waals surface area contributed by atoms with Crippen molar-refractivity contribution in [2.75, 3.05) is 0 Å². The average Bonchev–Trinajstić information content (AvgIpc) is 2.29. The molecule has 0 radical (unpaired) electrons. The molecule has 0 bridgehead atoms. The van der Waals surface area contributed by atoms with Crippen molar-refractivity contribution < 1.29 is 0 Å². The molecule has 0 amide bonds. The van der Waals surface area contributed by atoms with Gasteiger partial charge in [-0.2, -0.15) is 0 Å². The molecule has 16 heavy (non-hydrogen) atoms. The molecule has 86 valence electrons. The van der Waals surface area contributed by atoms with Crippen molar-refractivity contribution >= 4 is 27.7 Å². The van der Waals surface area contributed by atoms with Crippen LogP contribution in [0.2, 0.25) is 0 Å². The van der Waals surface area contributed by atoms with Crippen LogP contribution in [0.1, 0.15) is 44.1 Å². The Morgan fingerprint density at radius 2 is 2.19 bits per heavy atom. The van der Waals surface area contributed by atoms with E-state index in [-0.39, 0.29) is 0 Å². The van der Waals surface area contributed by atoms with Crippen molar-refractivity contribution in [1.29, 1.82) is 0 Å². The molecule has 0 N–H and O–H groups in total. The number of benzene rings is 1. The molecule has 1 aromatic carbocycles. The number of allylic oxidation sites excluding steroid dienone is 1. The van der Waals surface area contributed by atoms with Gasteiger partial charge in [-0.15, -0.1) is 0 Å². The fourth-order valence-corrected chi connectivity index (χ4v) is 3.57. The first-order valence-corrected chi connectivity index (χ1v) is 7.61. The number of hydrogen-bond donors (Lipinski definition) is 0. The topological polar surface area (TPSA) is 0 Å². The van der Waals surface area contributed by atoms with Gasteiger partial charge in [0.15, 0.2) is 0 Å². The summed E-state index contributed by atoms with van der Waals surface area (Å²) in [5.41, 5.74) is 1.51. The first kappa shape index (κ1) is 12.3. The molecule has 1 heterocycles. The normalized spacial score (nSPS) is 18.5. The third-order valence-electron chi connectivity index (χ3n) is 3.00. The maximum Gasteiger partial charge on any atom is 0.0186 e. The van der Waals surface area contributed by atoms with Gasteiger partial charge in [0, 0.05) is 15.3 Å². The maximum atomic E-state index is 3.54. The predicted octanol–water partition coefficient (Wildman–Crippen LogP) is 5.73. The summed E-state index contributed by atoms with van der Waals surface area (Å²) in [4.78, 5) is 1.42. The highest BCUT2D eigenvalue weighted by molar-refractivity contribution is 9.10. The van der Waals surface area contributed by atoms with Gasteiger partial charge in [0.1, 0.15) is 0 Å². The van der Waals surface area contributed by atoms with Gasteiger partial charge in [-0.1, -0.05) is 66.0 Å². The molecule has 2 heteroatoms. The van der Waals surface area contributed by atoms with Gasteiger partial charge in [0.25, 0.3) is 0 Å². The van der Waals surface area contributed by atoms with Crippen molar-refractivity contribution in [3.8, 4) is 0 Å². The van der Waals surface area contributed by atoms with Gasteiger partial charge in [0.2, 0.25) is 0 Å². The van der Waals surface area contributed by atoms with Crippen LogP contribution in [-0.2, 0) is 0 Å². The largest absolute Gasteiger partial charge is 0.0980 e. The molecule has 1 aliphatic rings. The summed E-state index contributed by atoms with van der Waals surface area (Å²) in [6.45, 7) is 2.26. The molecular formula is C14H17BrS. The zero-order valence-electron chi connectivity index (χ0n) is 9.58. The van der Waals surface area contributed by atoms with E-state index in [0.717, 1.165) is 0 Å². The Balaban J connectivity index is 2.10. The smallest absolute Gasteiger partial charge is 0.0186 e. The van der Waals surface area contributed by atoms with Crippen LogP contribution in [0, 0.1) is 0 Å². The Labute approximate surface area is 111 Å². The highest BCUT2D eigenvalue weighted by atomic mass is 79.9. The van der Waals surface area contributed by atoms with E-state index in [1.54, 1.807) is 0 Å². The van der Waals surface area contributed by atoms with E-state index in [0.29, 0.717) is 5.92 Å². The second-order valence-corrected chi connectivity index (χ2v) is 6.09. The third kappa shape index (κ3) is 2.92. The monoisotopic (exact) mass is 296 g/mol. The quantitative estimate of drug-likeness (QED) is 0.639. The standard InChI is InChI=1S/C14H17BrS/c1-2-3-4-5-11-8-9-16-14-10-12(15)6-7-13(11)14/h6-11H,2-5H2,1H3. The van der Waals surface area contributed by atoms with Crippen molar-refractivity contribution in [2.45, 2.75) is 43.4 Å². The van der Waals surface area contributed by atoms with E-state index in [1.807, 2.05) is 11.8 Å². The summed E-state index contributed by atoms with van der Waals surface area (Å²) in [7, 11) is 0. The minimum absolute atomic E-state index is 0.635. The van der Waals surface area contributed by atoms with Crippen LogP contribution < -0.4 is 0 Å². The number of unbranched alkanes of at least 4 members (excludes halogenated alkanes) is 2. The van der Waals surface area contributed by atoms with Gasteiger partial charge < -0.3 is 0 Å². The average molecular weight is 297 g/mol. The fourth-order valence-electron chi connectivity index (χ4n) is 2.09. The number of halogens is 1. The molecular weight excluding hydrogens is 280 g/mol. The number of thioether (sulfide) groups is 1. The molecule has 1 aliphatic heterocycles. The molecule has 0 aliphatic carbocycles. The van der Waals surface area contributed by atoms with Crippen LogP contribution in [0.15, 0.2) is 39.1 Å². The number of hydrogen-bond acceptors (Lipinski definition) is 1. The van der Waals surface area contributed by atoms with Gasteiger partial charge in [0.05, 0.1) is 0 Å². The van der Waals surface area contributed by atoms with Crippen molar-refractivity contribution in [1.82, 2.24) is 0 Å². The third-order valence-corrected chi connectivity index (χ3v) is 4.39. The molecule has 0 nitrogen and oxygen atoms in total. The molecule has 0 spiro atoms. The Morgan fingerprint density at radius 3 is 3.00 bits per heavy atom. The lowest BCUT2D eigenvalue weighted by atomic mass is 9.93. The second kappa shape index (κ2) is 5.92. The van der Waals surface area contributed by atoms with Crippen molar-refractivity contribution in [3.63, 3.8) is 0 Å². The zero-order chi connectivity index (χ0) is 11.4. The fraction of sp³-hybridized carbons (Fsp3) is 0.429. The first-order valence-electron chi connectivity index (χ1n) is 5.94. The van der Waals surface area contributed by atoms with Crippen molar-refractivity contribution in [3.05, 3.63) is 39.7 Å². The lowest BCUT2D eigenvalue weighted by Gasteiger charge is -2.20. The molecule has 1 unspecified atom stereocenters. The Morgan fingerprint density at radius 1 is 1.31 bits per heavy atom. The van der Waals surface area contributed by atoms with E-state index in [9.17, 15) is 0 Å². The molecule has 2 rings (SSSR count). The molecule has 0 aromatic heterocycles. The Bertz CT molecular complexity index is 384. The molecule has 0 saturated heterocycles. The summed E-state index contributed by atoms with van der Waals surface area (Å²) >= 11 is 5.37. The Hall–Kier alpha value is -0.210. The van der Waals surface area contributed by atoms with Crippen LogP contribution in [-0.4, -0.2) is 0 Å². The maximum absolute atomic E-state index is 3.54. The van der Waals surface area contributed by atoms with Gasteiger partial charge in [-0.25, -0.2) is 0 Å². The second-order valence-electron chi connectivity index (χ2n) is 4.23. The zero-order valence-corrected chi connectivity index (χ0v) is 12.0. The lowest BCUT2D eigenvalue weighted by molar-refractivity contribution is 0.623. The highest BCUT2D eigenvalue weighted by Crippen LogP contribution is 2.39. The van der Waals surface area contributed by atoms with Crippen LogP contribution in [0.3, 0.4) is 0 Å². The summed E-state index contributed by atoms with van der Waals surface area (Å²) in [6.07, 6.45) is 7.64. The summed E-state index contributed by atoms with van der Waals surface area (Å²) in [6, 6.07) is 6.66. The van der Waals surface area contributed by atoms with Gasteiger partial charge >= 0.3 is 0 Å². The summed E-state index contributed by atoms with van der Waals surface area (Å²) in [5, 5.41) is 2.24. The number of rotatable bonds is 4. The molecule has 0 fully saturated rings. The molecule has 0 saturated carbocycles. The number of fused-ring (bicyclic) bond motifs is 1. The van der Waals surface area contributed by atoms with Crippen LogP contribution in [0.4, 0.5) is 0 Å². The van der Waals surface area contributed by atoms with Gasteiger partial charge in [-0.05, 0) is 29.5 Å². The summed E-state index contributed by atoms with van der Waals surface area (Å²) in [5.74, 6) is 0.635.